The van der Waals surface area contributed by atoms with Crippen LogP contribution in [0.4, 0.5) is 5.69 Å². The summed E-state index contributed by atoms with van der Waals surface area (Å²) in [6.45, 7) is 2.61. The Morgan fingerprint density at radius 1 is 1.13 bits per heavy atom. The predicted molar refractivity (Wildman–Crippen MR) is 122 cm³/mol. The average Bonchev–Trinajstić information content (AvgIpc) is 3.24. The topological polar surface area (TPSA) is 96.8 Å². The predicted octanol–water partition coefficient (Wildman–Crippen LogP) is 3.11. The summed E-state index contributed by atoms with van der Waals surface area (Å²) in [6, 6.07) is 8.34. The molecule has 0 aromatic carbocycles. The molecule has 8 nitrogen and oxygen atoms in total. The summed E-state index contributed by atoms with van der Waals surface area (Å²) in [5.74, 6) is 0.537. The fourth-order valence-corrected chi connectivity index (χ4v) is 4.83. The number of rotatable bonds is 2. The maximum absolute atomic E-state index is 8.87. The first kappa shape index (κ1) is 18.3. The van der Waals surface area contributed by atoms with Gasteiger partial charge in [0.25, 0.3) is 0 Å². The van der Waals surface area contributed by atoms with E-state index < -0.39 is 0 Å². The maximum Gasteiger partial charge on any atom is 0.198 e. The molecule has 2 aliphatic heterocycles. The van der Waals surface area contributed by atoms with Gasteiger partial charge in [-0.1, -0.05) is 0 Å². The molecule has 8 heteroatoms. The summed E-state index contributed by atoms with van der Waals surface area (Å²) in [4.78, 5) is 21.6. The Bertz CT molecular complexity index is 1300. The molecule has 0 spiro atoms. The molecule has 0 atom stereocenters. The minimum atomic E-state index is 0.281. The maximum atomic E-state index is 8.87. The van der Waals surface area contributed by atoms with Crippen LogP contribution in [0.15, 0.2) is 42.9 Å². The lowest BCUT2D eigenvalue weighted by Gasteiger charge is -2.43. The van der Waals surface area contributed by atoms with E-state index in [2.05, 4.69) is 26.3 Å². The number of nitrogens with zero attached hydrogens (tertiary/aromatic N) is 5. The van der Waals surface area contributed by atoms with Gasteiger partial charge in [-0.25, -0.2) is 9.97 Å². The Labute approximate surface area is 179 Å². The van der Waals surface area contributed by atoms with E-state index in [0.717, 1.165) is 70.5 Å². The van der Waals surface area contributed by atoms with E-state index in [4.69, 9.17) is 15.4 Å². The molecule has 1 fully saturated rings. The van der Waals surface area contributed by atoms with Crippen molar-refractivity contribution in [1.82, 2.24) is 30.2 Å². The molecule has 156 valence electrons. The summed E-state index contributed by atoms with van der Waals surface area (Å²) < 4.78 is 0. The van der Waals surface area contributed by atoms with Crippen LogP contribution >= 0.6 is 0 Å². The van der Waals surface area contributed by atoms with Crippen LogP contribution in [-0.4, -0.2) is 57.0 Å². The highest BCUT2D eigenvalue weighted by Crippen LogP contribution is 2.37. The van der Waals surface area contributed by atoms with Crippen molar-refractivity contribution in [2.45, 2.75) is 25.4 Å². The van der Waals surface area contributed by atoms with Crippen molar-refractivity contribution in [2.24, 2.45) is 0 Å². The van der Waals surface area contributed by atoms with Gasteiger partial charge in [0, 0.05) is 54.7 Å². The summed E-state index contributed by atoms with van der Waals surface area (Å²) >= 11 is 0. The van der Waals surface area contributed by atoms with Gasteiger partial charge in [-0.15, -0.1) is 0 Å². The van der Waals surface area contributed by atoms with Gasteiger partial charge in [-0.05, 0) is 50.2 Å². The zero-order chi connectivity index (χ0) is 20.9. The van der Waals surface area contributed by atoms with Crippen molar-refractivity contribution < 1.29 is 0 Å². The number of hydrogen-bond donors (Lipinski definition) is 3. The number of piperidine rings is 1. The van der Waals surface area contributed by atoms with Gasteiger partial charge in [-0.2, -0.15) is 0 Å². The first-order valence-corrected chi connectivity index (χ1v) is 10.7. The number of guanidine groups is 1. The highest BCUT2D eigenvalue weighted by atomic mass is 15.4. The Kier molecular flexibility index (Phi) is 4.14. The van der Waals surface area contributed by atoms with Crippen molar-refractivity contribution in [3.8, 4) is 11.3 Å². The third kappa shape index (κ3) is 2.86. The Morgan fingerprint density at radius 2 is 2.00 bits per heavy atom. The molecule has 0 unspecified atom stereocenters. The first-order valence-electron chi connectivity index (χ1n) is 10.7. The van der Waals surface area contributed by atoms with E-state index in [1.807, 2.05) is 42.5 Å². The molecule has 0 saturated carbocycles. The van der Waals surface area contributed by atoms with Crippen LogP contribution in [0.3, 0.4) is 0 Å². The molecule has 4 aromatic rings. The van der Waals surface area contributed by atoms with Crippen molar-refractivity contribution in [3.05, 3.63) is 48.4 Å². The first-order chi connectivity index (χ1) is 15.2. The van der Waals surface area contributed by atoms with E-state index in [1.54, 1.807) is 6.20 Å². The molecule has 6 rings (SSSR count). The third-order valence-corrected chi connectivity index (χ3v) is 6.40. The minimum absolute atomic E-state index is 0.281. The van der Waals surface area contributed by atoms with Crippen LogP contribution in [0.1, 0.15) is 18.4 Å². The molecule has 0 radical (unpaired) electrons. The highest BCUT2D eigenvalue weighted by Gasteiger charge is 2.34. The molecule has 31 heavy (non-hydrogen) atoms. The molecule has 0 bridgehead atoms. The molecular weight excluding hydrogens is 388 g/mol. The Hall–Kier alpha value is -3.52. The number of aromatic amines is 1. The lowest BCUT2D eigenvalue weighted by Crippen LogP contribution is -2.53. The molecule has 2 aliphatic rings. The lowest BCUT2D eigenvalue weighted by molar-refractivity contribution is 0.414. The summed E-state index contributed by atoms with van der Waals surface area (Å²) in [6.07, 6.45) is 7.72. The second kappa shape index (κ2) is 7.02. The number of fused-ring (bicyclic) bond motifs is 4. The molecule has 6 heterocycles. The quantitative estimate of drug-likeness (QED) is 0.468. The van der Waals surface area contributed by atoms with Crippen molar-refractivity contribution in [1.29, 1.82) is 5.41 Å². The highest BCUT2D eigenvalue weighted by molar-refractivity contribution is 6.05. The molecule has 3 N–H and O–H groups in total. The smallest absolute Gasteiger partial charge is 0.198 e. The number of hydrogen-bond acceptors (Lipinski definition) is 5. The van der Waals surface area contributed by atoms with Gasteiger partial charge in [0.05, 0.1) is 16.9 Å². The molecule has 1 saturated heterocycles. The van der Waals surface area contributed by atoms with Crippen LogP contribution in [0.5, 0.6) is 0 Å². The van der Waals surface area contributed by atoms with Crippen molar-refractivity contribution in [3.63, 3.8) is 0 Å². The van der Waals surface area contributed by atoms with Crippen LogP contribution < -0.4 is 10.2 Å². The normalized spacial score (nSPS) is 17.5. The number of aromatic nitrogens is 4. The summed E-state index contributed by atoms with van der Waals surface area (Å²) in [7, 11) is 1.98. The van der Waals surface area contributed by atoms with E-state index in [9.17, 15) is 0 Å². The van der Waals surface area contributed by atoms with Crippen molar-refractivity contribution >= 4 is 33.7 Å². The molecular formula is C23H24N8. The van der Waals surface area contributed by atoms with Crippen LogP contribution in [0, 0.1) is 5.41 Å². The second-order valence-corrected chi connectivity index (χ2v) is 8.33. The standard InChI is InChI=1S/C23H24N8/c1-30-13-14-11-27-19-5-4-18(17-12-28-22-16(17)3-2-8-26-22)29-20(19)21(14)31(23(30)24)15-6-9-25-10-7-15/h2-5,8,11-12,15,24-25H,6-7,9-10,13H2,1H3,(H,26,28). The number of nitrogens with one attached hydrogen (secondary N) is 3. The van der Waals surface area contributed by atoms with Crippen molar-refractivity contribution in [2.75, 3.05) is 25.0 Å². The van der Waals surface area contributed by atoms with Gasteiger partial charge in [0.2, 0.25) is 0 Å². The fraction of sp³-hybridized carbons (Fsp3) is 0.304. The van der Waals surface area contributed by atoms with Gasteiger partial charge in [-0.3, -0.25) is 10.4 Å². The van der Waals surface area contributed by atoms with E-state index >= 15 is 0 Å². The minimum Gasteiger partial charge on any atom is -0.345 e. The SMILES string of the molecule is CN1Cc2cnc3ccc(-c4c[nH]c5ncccc45)nc3c2N(C2CCNCC2)C1=N. The number of H-pyrrole nitrogens is 1. The zero-order valence-corrected chi connectivity index (χ0v) is 17.4. The van der Waals surface area contributed by atoms with Crippen LogP contribution in [0.25, 0.3) is 33.3 Å². The monoisotopic (exact) mass is 412 g/mol. The number of anilines is 1. The van der Waals surface area contributed by atoms with Gasteiger partial charge in [0.1, 0.15) is 11.2 Å². The van der Waals surface area contributed by atoms with Gasteiger partial charge in [0.15, 0.2) is 5.96 Å². The van der Waals surface area contributed by atoms with Gasteiger partial charge >= 0.3 is 0 Å². The number of pyridine rings is 3. The molecule has 0 aliphatic carbocycles. The van der Waals surface area contributed by atoms with E-state index in [0.29, 0.717) is 12.5 Å². The second-order valence-electron chi connectivity index (χ2n) is 8.33. The summed E-state index contributed by atoms with van der Waals surface area (Å²) in [5.41, 5.74) is 6.65. The largest absolute Gasteiger partial charge is 0.345 e. The average molecular weight is 413 g/mol. The third-order valence-electron chi connectivity index (χ3n) is 6.40. The van der Waals surface area contributed by atoms with Gasteiger partial charge < -0.3 is 20.1 Å². The Morgan fingerprint density at radius 3 is 2.87 bits per heavy atom. The van der Waals surface area contributed by atoms with E-state index in [-0.39, 0.29) is 6.04 Å². The van der Waals surface area contributed by atoms with E-state index in [1.165, 1.54) is 0 Å². The molecule has 4 aromatic heterocycles. The zero-order valence-electron chi connectivity index (χ0n) is 17.4. The van der Waals surface area contributed by atoms with Crippen LogP contribution in [0.2, 0.25) is 0 Å². The fourth-order valence-electron chi connectivity index (χ4n) is 4.83. The molecule has 0 amide bonds. The lowest BCUT2D eigenvalue weighted by atomic mass is 10.0. The van der Waals surface area contributed by atoms with Crippen LogP contribution in [-0.2, 0) is 6.54 Å². The summed E-state index contributed by atoms with van der Waals surface area (Å²) in [5, 5.41) is 13.4. The Balaban J connectivity index is 1.56.